The van der Waals surface area contributed by atoms with Crippen molar-refractivity contribution in [2.45, 2.75) is 19.8 Å². The molecule has 5 heteroatoms. The molecule has 0 unspecified atom stereocenters. The molecule has 0 amide bonds. The number of aromatic nitrogens is 4. The number of nitrogens with one attached hydrogen (secondary N) is 1. The largest absolute Gasteiger partial charge is 0.291 e. The molecule has 0 saturated carbocycles. The van der Waals surface area contributed by atoms with E-state index in [1.165, 1.54) is 5.56 Å². The second-order valence-electron chi connectivity index (χ2n) is 7.39. The van der Waals surface area contributed by atoms with E-state index in [4.69, 9.17) is 15.0 Å². The normalized spacial score (nSPS) is 11.0. The first-order valence-corrected chi connectivity index (χ1v) is 10.5. The van der Waals surface area contributed by atoms with Crippen molar-refractivity contribution in [3.05, 3.63) is 108 Å². The molecule has 152 valence electrons. The van der Waals surface area contributed by atoms with E-state index in [1.54, 1.807) is 0 Å². The number of imidazole rings is 1. The zero-order valence-electron chi connectivity index (χ0n) is 17.4. The molecule has 0 saturated heterocycles. The van der Waals surface area contributed by atoms with E-state index in [9.17, 15) is 0 Å². The molecular formula is C26H23N5. The Morgan fingerprint density at radius 1 is 0.742 bits per heavy atom. The van der Waals surface area contributed by atoms with Crippen LogP contribution in [-0.4, -0.2) is 19.6 Å². The summed E-state index contributed by atoms with van der Waals surface area (Å²) in [5.74, 6) is 1.62. The van der Waals surface area contributed by atoms with Crippen LogP contribution >= 0.6 is 0 Å². The Balaban J connectivity index is 1.70. The van der Waals surface area contributed by atoms with E-state index in [2.05, 4.69) is 36.6 Å². The van der Waals surface area contributed by atoms with Gasteiger partial charge in [0, 0.05) is 12.0 Å². The minimum Gasteiger partial charge on any atom is -0.291 e. The molecule has 2 aromatic heterocycles. The zero-order chi connectivity index (χ0) is 21.0. The number of para-hydroxylation sites is 1. The number of hydrogen-bond donors (Lipinski definition) is 1. The Kier molecular flexibility index (Phi) is 5.15. The summed E-state index contributed by atoms with van der Waals surface area (Å²) in [6.45, 7) is 2.11. The first kappa shape index (κ1) is 19.0. The molecule has 5 nitrogen and oxygen atoms in total. The van der Waals surface area contributed by atoms with Crippen molar-refractivity contribution in [1.82, 2.24) is 19.6 Å². The van der Waals surface area contributed by atoms with Crippen LogP contribution in [0.5, 0.6) is 0 Å². The molecule has 5 aromatic rings. The lowest BCUT2D eigenvalue weighted by atomic mass is 10.1. The Labute approximate surface area is 181 Å². The number of anilines is 1. The lowest BCUT2D eigenvalue weighted by Crippen LogP contribution is -2.14. The van der Waals surface area contributed by atoms with Crippen molar-refractivity contribution >= 4 is 16.9 Å². The third-order valence-electron chi connectivity index (χ3n) is 5.24. The molecule has 0 spiro atoms. The van der Waals surface area contributed by atoms with E-state index < -0.39 is 0 Å². The van der Waals surface area contributed by atoms with Crippen molar-refractivity contribution < 1.29 is 0 Å². The van der Waals surface area contributed by atoms with Gasteiger partial charge in [0.2, 0.25) is 0 Å². The lowest BCUT2D eigenvalue weighted by Gasteiger charge is -2.12. The SMILES string of the molecule is CCc1nc(-c2ccccc2)nc2c1nc(Cc1ccccc1)n2Nc1ccccc1. The first-order chi connectivity index (χ1) is 15.3. The number of nitrogens with zero attached hydrogens (tertiary/aromatic N) is 4. The van der Waals surface area contributed by atoms with Gasteiger partial charge in [0.25, 0.3) is 0 Å². The maximum absolute atomic E-state index is 4.99. The summed E-state index contributed by atoms with van der Waals surface area (Å²) in [6, 6.07) is 30.6. The van der Waals surface area contributed by atoms with Crippen molar-refractivity contribution in [3.63, 3.8) is 0 Å². The van der Waals surface area contributed by atoms with Crippen LogP contribution in [0.2, 0.25) is 0 Å². The van der Waals surface area contributed by atoms with Gasteiger partial charge in [-0.1, -0.05) is 85.8 Å². The average molecular weight is 406 g/mol. The van der Waals surface area contributed by atoms with Gasteiger partial charge in [-0.25, -0.2) is 19.6 Å². The van der Waals surface area contributed by atoms with Crippen molar-refractivity contribution in [2.24, 2.45) is 0 Å². The minimum atomic E-state index is 0.695. The maximum Gasteiger partial charge on any atom is 0.183 e. The smallest absolute Gasteiger partial charge is 0.183 e. The Morgan fingerprint density at radius 2 is 1.39 bits per heavy atom. The predicted octanol–water partition coefficient (Wildman–Crippen LogP) is 5.52. The molecule has 5 rings (SSSR count). The number of hydrogen-bond acceptors (Lipinski definition) is 4. The van der Waals surface area contributed by atoms with Crippen LogP contribution in [0, 0.1) is 0 Å². The van der Waals surface area contributed by atoms with Gasteiger partial charge >= 0.3 is 0 Å². The Hall–Kier alpha value is -3.99. The van der Waals surface area contributed by atoms with E-state index in [0.29, 0.717) is 12.2 Å². The van der Waals surface area contributed by atoms with Gasteiger partial charge in [-0.15, -0.1) is 0 Å². The van der Waals surface area contributed by atoms with Gasteiger partial charge in [0.05, 0.1) is 11.4 Å². The fraction of sp³-hybridized carbons (Fsp3) is 0.115. The molecular weight excluding hydrogens is 382 g/mol. The molecule has 2 heterocycles. The highest BCUT2D eigenvalue weighted by atomic mass is 15.5. The standard InChI is InChI=1S/C26H23N5/c1-2-22-24-26(29-25(27-22)20-14-8-4-9-15-20)31(30-21-16-10-5-11-17-21)23(28-24)18-19-12-6-3-7-13-19/h3-17,30H,2,18H2,1H3. The lowest BCUT2D eigenvalue weighted by molar-refractivity contribution is 0.865. The summed E-state index contributed by atoms with van der Waals surface area (Å²) in [5, 5.41) is 0. The molecule has 0 fully saturated rings. The number of aryl methyl sites for hydroxylation is 1. The van der Waals surface area contributed by atoms with Gasteiger partial charge < -0.3 is 0 Å². The van der Waals surface area contributed by atoms with Gasteiger partial charge in [0.15, 0.2) is 11.5 Å². The van der Waals surface area contributed by atoms with Crippen molar-refractivity contribution in [1.29, 1.82) is 0 Å². The highest BCUT2D eigenvalue weighted by molar-refractivity contribution is 5.78. The van der Waals surface area contributed by atoms with Crippen LogP contribution in [0.25, 0.3) is 22.6 Å². The van der Waals surface area contributed by atoms with E-state index >= 15 is 0 Å². The molecule has 0 aliphatic heterocycles. The van der Waals surface area contributed by atoms with Crippen LogP contribution in [0.15, 0.2) is 91.0 Å². The average Bonchev–Trinajstić information content (AvgIpc) is 3.17. The fourth-order valence-corrected chi connectivity index (χ4v) is 3.68. The number of rotatable bonds is 6. The molecule has 31 heavy (non-hydrogen) atoms. The molecule has 1 N–H and O–H groups in total. The van der Waals surface area contributed by atoms with E-state index in [1.807, 2.05) is 71.4 Å². The molecule has 0 bridgehead atoms. The van der Waals surface area contributed by atoms with Gasteiger partial charge in [-0.05, 0) is 24.1 Å². The topological polar surface area (TPSA) is 55.6 Å². The third-order valence-corrected chi connectivity index (χ3v) is 5.24. The third kappa shape index (κ3) is 3.90. The summed E-state index contributed by atoms with van der Waals surface area (Å²) < 4.78 is 2.00. The number of benzene rings is 3. The zero-order valence-corrected chi connectivity index (χ0v) is 17.4. The maximum atomic E-state index is 4.99. The van der Waals surface area contributed by atoms with Gasteiger partial charge in [-0.2, -0.15) is 0 Å². The Bertz CT molecular complexity index is 1300. The first-order valence-electron chi connectivity index (χ1n) is 10.5. The van der Waals surface area contributed by atoms with Crippen LogP contribution in [0.3, 0.4) is 0 Å². The van der Waals surface area contributed by atoms with Crippen LogP contribution in [-0.2, 0) is 12.8 Å². The molecule has 0 aliphatic carbocycles. The molecule has 0 radical (unpaired) electrons. The van der Waals surface area contributed by atoms with Crippen molar-refractivity contribution in [2.75, 3.05) is 5.43 Å². The predicted molar refractivity (Wildman–Crippen MR) is 125 cm³/mol. The summed E-state index contributed by atoms with van der Waals surface area (Å²) in [7, 11) is 0. The van der Waals surface area contributed by atoms with Crippen LogP contribution in [0.1, 0.15) is 24.0 Å². The molecule has 0 atom stereocenters. The summed E-state index contributed by atoms with van der Waals surface area (Å²) >= 11 is 0. The van der Waals surface area contributed by atoms with Gasteiger partial charge in [-0.3, -0.25) is 5.43 Å². The highest BCUT2D eigenvalue weighted by Gasteiger charge is 2.18. The molecule has 0 aliphatic rings. The van der Waals surface area contributed by atoms with Crippen molar-refractivity contribution in [3.8, 4) is 11.4 Å². The second-order valence-corrected chi connectivity index (χ2v) is 7.39. The van der Waals surface area contributed by atoms with E-state index in [-0.39, 0.29) is 0 Å². The van der Waals surface area contributed by atoms with E-state index in [0.717, 1.165) is 40.4 Å². The molecule has 3 aromatic carbocycles. The summed E-state index contributed by atoms with van der Waals surface area (Å²) in [4.78, 5) is 14.8. The highest BCUT2D eigenvalue weighted by Crippen LogP contribution is 2.24. The van der Waals surface area contributed by atoms with Crippen LogP contribution < -0.4 is 5.43 Å². The number of fused-ring (bicyclic) bond motifs is 1. The Morgan fingerprint density at radius 3 is 2.06 bits per heavy atom. The fourth-order valence-electron chi connectivity index (χ4n) is 3.68. The van der Waals surface area contributed by atoms with Gasteiger partial charge in [0.1, 0.15) is 11.3 Å². The monoisotopic (exact) mass is 405 g/mol. The van der Waals surface area contributed by atoms with Crippen LogP contribution in [0.4, 0.5) is 5.69 Å². The summed E-state index contributed by atoms with van der Waals surface area (Å²) in [6.07, 6.45) is 1.48. The summed E-state index contributed by atoms with van der Waals surface area (Å²) in [5.41, 5.74) is 9.27. The quantitative estimate of drug-likeness (QED) is 0.404. The minimum absolute atomic E-state index is 0.695. The second kappa shape index (κ2) is 8.40.